The molecule has 6 nitrogen and oxygen atoms in total. The van der Waals surface area contributed by atoms with E-state index in [9.17, 15) is 9.59 Å². The molecule has 0 saturated carbocycles. The second-order valence-electron chi connectivity index (χ2n) is 6.69. The topological polar surface area (TPSA) is 68.9 Å². The van der Waals surface area contributed by atoms with E-state index in [-0.39, 0.29) is 16.5 Å². The molecule has 0 fully saturated rings. The maximum absolute atomic E-state index is 15.1. The van der Waals surface area contributed by atoms with Gasteiger partial charge in [0.2, 0.25) is 5.43 Å². The highest BCUT2D eigenvalue weighted by molar-refractivity contribution is 6.30. The summed E-state index contributed by atoms with van der Waals surface area (Å²) in [6.45, 7) is 2.37. The van der Waals surface area contributed by atoms with Gasteiger partial charge in [-0.3, -0.25) is 9.59 Å². The Morgan fingerprint density at radius 2 is 1.93 bits per heavy atom. The van der Waals surface area contributed by atoms with Crippen LogP contribution in [0.2, 0.25) is 5.02 Å². The van der Waals surface area contributed by atoms with E-state index in [2.05, 4.69) is 10.3 Å². The van der Waals surface area contributed by atoms with Gasteiger partial charge in [-0.1, -0.05) is 11.6 Å². The molecular weight excluding hydrogens is 395 g/mol. The molecule has 0 saturated heterocycles. The summed E-state index contributed by atoms with van der Waals surface area (Å²) in [4.78, 5) is 29.7. The van der Waals surface area contributed by atoms with Gasteiger partial charge in [-0.05, 0) is 37.3 Å². The van der Waals surface area contributed by atoms with Gasteiger partial charge in [-0.25, -0.2) is 9.37 Å². The number of rotatable bonds is 3. The molecule has 0 spiro atoms. The lowest BCUT2D eigenvalue weighted by molar-refractivity contribution is 0.0961. The highest BCUT2D eigenvalue weighted by Gasteiger charge is 2.22. The van der Waals surface area contributed by atoms with Gasteiger partial charge < -0.3 is 14.5 Å². The van der Waals surface area contributed by atoms with Crippen LogP contribution >= 0.6 is 11.6 Å². The van der Waals surface area contributed by atoms with E-state index in [0.717, 1.165) is 5.56 Å². The van der Waals surface area contributed by atoms with Crippen molar-refractivity contribution in [2.45, 2.75) is 13.5 Å². The third-order valence-electron chi connectivity index (χ3n) is 5.05. The number of carbonyl (C=O) groups excluding carboxylic acids is 1. The summed E-state index contributed by atoms with van der Waals surface area (Å²) in [6.07, 6.45) is 1.50. The van der Waals surface area contributed by atoms with Crippen molar-refractivity contribution in [3.05, 3.63) is 63.2 Å². The van der Waals surface area contributed by atoms with Gasteiger partial charge >= 0.3 is 0 Å². The quantitative estimate of drug-likeness (QED) is 0.557. The second kappa shape index (κ2) is 7.00. The van der Waals surface area contributed by atoms with Crippen LogP contribution in [0.4, 0.5) is 4.39 Å². The lowest BCUT2D eigenvalue weighted by Gasteiger charge is -2.12. The first-order chi connectivity index (χ1) is 13.9. The standard InChI is InChI=1S/C21H18ClFN4O2/c1-4-27-10-14(21(29)24-2)19(28)13-9-15(23)18-16(17(13)27)25-20(26(18)3)11-5-7-12(22)8-6-11/h5-10H,4H2,1-3H3,(H,24,29). The Bertz CT molecular complexity index is 1340. The molecule has 0 unspecified atom stereocenters. The summed E-state index contributed by atoms with van der Waals surface area (Å²) in [5.74, 6) is -0.535. The molecule has 29 heavy (non-hydrogen) atoms. The van der Waals surface area contributed by atoms with E-state index >= 15 is 4.39 Å². The third kappa shape index (κ3) is 2.89. The van der Waals surface area contributed by atoms with E-state index in [1.54, 1.807) is 40.4 Å². The number of pyridine rings is 1. The first-order valence-electron chi connectivity index (χ1n) is 9.07. The van der Waals surface area contributed by atoms with Crippen molar-refractivity contribution in [2.24, 2.45) is 7.05 Å². The molecule has 0 aliphatic rings. The SMILES string of the molecule is CCn1cc(C(=O)NC)c(=O)c2cc(F)c3c(nc(-c4ccc(Cl)cc4)n3C)c21. The number of hydrogen-bond donors (Lipinski definition) is 1. The van der Waals surface area contributed by atoms with Gasteiger partial charge in [-0.2, -0.15) is 0 Å². The van der Waals surface area contributed by atoms with Crippen molar-refractivity contribution in [3.63, 3.8) is 0 Å². The fraction of sp³-hybridized carbons (Fsp3) is 0.190. The average Bonchev–Trinajstić information content (AvgIpc) is 3.06. The monoisotopic (exact) mass is 412 g/mol. The van der Waals surface area contributed by atoms with E-state index in [1.165, 1.54) is 19.3 Å². The van der Waals surface area contributed by atoms with Crippen molar-refractivity contribution in [2.75, 3.05) is 7.05 Å². The molecule has 4 aromatic rings. The molecule has 1 N–H and O–H groups in total. The minimum atomic E-state index is -0.573. The van der Waals surface area contributed by atoms with Gasteiger partial charge in [-0.15, -0.1) is 0 Å². The number of hydrogen-bond acceptors (Lipinski definition) is 3. The molecule has 0 bridgehead atoms. The first kappa shape index (κ1) is 19.1. The van der Waals surface area contributed by atoms with Crippen LogP contribution in [0.5, 0.6) is 0 Å². The lowest BCUT2D eigenvalue weighted by atomic mass is 10.1. The van der Waals surface area contributed by atoms with Crippen LogP contribution in [-0.2, 0) is 13.6 Å². The Morgan fingerprint density at radius 1 is 1.24 bits per heavy atom. The molecule has 2 aromatic heterocycles. The molecule has 0 aliphatic carbocycles. The molecule has 1 amide bonds. The van der Waals surface area contributed by atoms with Gasteiger partial charge in [0, 0.05) is 37.4 Å². The van der Waals surface area contributed by atoms with Crippen molar-refractivity contribution >= 4 is 39.4 Å². The fourth-order valence-electron chi connectivity index (χ4n) is 3.62. The van der Waals surface area contributed by atoms with Gasteiger partial charge in [0.25, 0.3) is 5.91 Å². The number of nitrogens with one attached hydrogen (secondary N) is 1. The first-order valence-corrected chi connectivity index (χ1v) is 9.45. The molecule has 2 aromatic carbocycles. The minimum Gasteiger partial charge on any atom is -0.355 e. The van der Waals surface area contributed by atoms with Crippen molar-refractivity contribution in [3.8, 4) is 11.4 Å². The molecule has 4 rings (SSSR count). The number of benzene rings is 2. The number of amides is 1. The number of nitrogens with zero attached hydrogens (tertiary/aromatic N) is 3. The zero-order chi connectivity index (χ0) is 20.9. The third-order valence-corrected chi connectivity index (χ3v) is 5.30. The van der Waals surface area contributed by atoms with E-state index < -0.39 is 17.2 Å². The second-order valence-corrected chi connectivity index (χ2v) is 7.13. The summed E-state index contributed by atoms with van der Waals surface area (Å²) in [7, 11) is 3.17. The molecule has 8 heteroatoms. The fourth-order valence-corrected chi connectivity index (χ4v) is 3.74. The van der Waals surface area contributed by atoms with Crippen LogP contribution in [0.3, 0.4) is 0 Å². The van der Waals surface area contributed by atoms with Crippen LogP contribution in [0.25, 0.3) is 33.3 Å². The number of halogens is 2. The van der Waals surface area contributed by atoms with E-state index in [1.807, 2.05) is 6.92 Å². The number of carbonyl (C=O) groups is 1. The molecule has 0 radical (unpaired) electrons. The van der Waals surface area contributed by atoms with E-state index in [4.69, 9.17) is 11.6 Å². The largest absolute Gasteiger partial charge is 0.355 e. The Labute approximate surface area is 170 Å². The molecular formula is C21H18ClFN4O2. The summed E-state index contributed by atoms with van der Waals surface area (Å²) < 4.78 is 18.5. The van der Waals surface area contributed by atoms with Gasteiger partial charge in [0.05, 0.1) is 10.9 Å². The normalized spacial score (nSPS) is 11.3. The molecule has 0 aliphatic heterocycles. The molecule has 0 atom stereocenters. The zero-order valence-electron chi connectivity index (χ0n) is 16.1. The van der Waals surface area contributed by atoms with Crippen LogP contribution in [0.1, 0.15) is 17.3 Å². The Morgan fingerprint density at radius 3 is 2.55 bits per heavy atom. The number of aromatic nitrogens is 3. The number of imidazole rings is 1. The zero-order valence-corrected chi connectivity index (χ0v) is 16.8. The predicted molar refractivity (Wildman–Crippen MR) is 112 cm³/mol. The van der Waals surface area contributed by atoms with Crippen LogP contribution < -0.4 is 10.7 Å². The maximum Gasteiger partial charge on any atom is 0.256 e. The van der Waals surface area contributed by atoms with Crippen molar-refractivity contribution in [1.29, 1.82) is 0 Å². The summed E-state index contributed by atoms with van der Waals surface area (Å²) in [5, 5.41) is 3.17. The Hall–Kier alpha value is -3.19. The lowest BCUT2D eigenvalue weighted by Crippen LogP contribution is -2.27. The van der Waals surface area contributed by atoms with E-state index in [0.29, 0.717) is 28.4 Å². The smallest absolute Gasteiger partial charge is 0.256 e. The number of fused-ring (bicyclic) bond motifs is 3. The van der Waals surface area contributed by atoms with Gasteiger partial charge in [0.1, 0.15) is 28.2 Å². The highest BCUT2D eigenvalue weighted by atomic mass is 35.5. The van der Waals surface area contributed by atoms with Gasteiger partial charge in [0.15, 0.2) is 0 Å². The van der Waals surface area contributed by atoms with Crippen LogP contribution in [0, 0.1) is 5.82 Å². The summed E-state index contributed by atoms with van der Waals surface area (Å²) >= 11 is 5.97. The highest BCUT2D eigenvalue weighted by Crippen LogP contribution is 2.31. The summed E-state index contributed by atoms with van der Waals surface area (Å²) in [6, 6.07) is 8.27. The average molecular weight is 413 g/mol. The maximum atomic E-state index is 15.1. The minimum absolute atomic E-state index is 0.0329. The predicted octanol–water partition coefficient (Wildman–Crippen LogP) is 3.73. The van der Waals surface area contributed by atoms with Crippen LogP contribution in [-0.4, -0.2) is 27.1 Å². The van der Waals surface area contributed by atoms with Crippen molar-refractivity contribution < 1.29 is 9.18 Å². The van der Waals surface area contributed by atoms with Crippen LogP contribution in [0.15, 0.2) is 41.3 Å². The Kier molecular flexibility index (Phi) is 4.62. The Balaban J connectivity index is 2.14. The summed E-state index contributed by atoms with van der Waals surface area (Å²) in [5.41, 5.74) is 1.37. The molecule has 148 valence electrons. The number of aryl methyl sites for hydroxylation is 2. The molecule has 2 heterocycles. The van der Waals surface area contributed by atoms with Crippen molar-refractivity contribution in [1.82, 2.24) is 19.4 Å².